The molecule has 2 heterocycles. The molecule has 0 spiro atoms. The van der Waals surface area contributed by atoms with Gasteiger partial charge in [-0.2, -0.15) is 0 Å². The topological polar surface area (TPSA) is 49.3 Å². The van der Waals surface area contributed by atoms with Crippen LogP contribution in [0.1, 0.15) is 51.1 Å². The lowest BCUT2D eigenvalue weighted by molar-refractivity contribution is -0.133. The van der Waals surface area contributed by atoms with Gasteiger partial charge in [0.2, 0.25) is 11.9 Å². The van der Waals surface area contributed by atoms with E-state index in [1.807, 2.05) is 35.9 Å². The largest absolute Gasteiger partial charge is 0.339 e. The fourth-order valence-corrected chi connectivity index (χ4v) is 3.47. The smallest absolute Gasteiger partial charge is 0.245 e. The molecule has 0 N–H and O–H groups in total. The molecule has 1 aliphatic heterocycles. The van der Waals surface area contributed by atoms with Crippen LogP contribution < -0.4 is 4.90 Å². The molecule has 1 atom stereocenters. The molecule has 1 saturated carbocycles. The first-order valence-electron chi connectivity index (χ1n) is 8.09. The minimum atomic E-state index is -0.169. The summed E-state index contributed by atoms with van der Waals surface area (Å²) in [6.07, 6.45) is 6.91. The van der Waals surface area contributed by atoms with E-state index in [9.17, 15) is 4.79 Å². The second kappa shape index (κ2) is 6.00. The SMILES string of the molecule is CCN1CCN(c2nccc(C3CCCC3)n2)[C@H](C)C1=O. The van der Waals surface area contributed by atoms with Gasteiger partial charge >= 0.3 is 0 Å². The van der Waals surface area contributed by atoms with Crippen molar-refractivity contribution in [1.82, 2.24) is 14.9 Å². The van der Waals surface area contributed by atoms with E-state index in [2.05, 4.69) is 4.98 Å². The van der Waals surface area contributed by atoms with Gasteiger partial charge < -0.3 is 9.80 Å². The molecule has 1 aromatic rings. The number of hydrogen-bond acceptors (Lipinski definition) is 4. The highest BCUT2D eigenvalue weighted by Gasteiger charge is 2.32. The lowest BCUT2D eigenvalue weighted by atomic mass is 10.0. The first-order chi connectivity index (χ1) is 10.2. The van der Waals surface area contributed by atoms with Gasteiger partial charge in [0.05, 0.1) is 0 Å². The fourth-order valence-electron chi connectivity index (χ4n) is 3.47. The standard InChI is InChI=1S/C16H24N4O/c1-3-19-10-11-20(12(2)15(19)21)16-17-9-8-14(18-16)13-6-4-5-7-13/h8-9,12-13H,3-7,10-11H2,1-2H3/t12-/m1/s1. The molecule has 21 heavy (non-hydrogen) atoms. The van der Waals surface area contributed by atoms with Crippen LogP contribution in [-0.2, 0) is 4.79 Å². The average Bonchev–Trinajstić information content (AvgIpc) is 3.04. The van der Waals surface area contributed by atoms with Crippen molar-refractivity contribution in [1.29, 1.82) is 0 Å². The Bertz CT molecular complexity index is 513. The van der Waals surface area contributed by atoms with Crippen molar-refractivity contribution in [3.63, 3.8) is 0 Å². The monoisotopic (exact) mass is 288 g/mol. The lowest BCUT2D eigenvalue weighted by Gasteiger charge is -2.38. The zero-order valence-corrected chi connectivity index (χ0v) is 13.0. The van der Waals surface area contributed by atoms with Gasteiger partial charge in [-0.05, 0) is 32.8 Å². The van der Waals surface area contributed by atoms with Crippen LogP contribution in [0.25, 0.3) is 0 Å². The molecule has 1 saturated heterocycles. The Hall–Kier alpha value is -1.65. The van der Waals surface area contributed by atoms with Gasteiger partial charge in [0.15, 0.2) is 0 Å². The van der Waals surface area contributed by atoms with Crippen LogP contribution in [0, 0.1) is 0 Å². The molecule has 5 heteroatoms. The van der Waals surface area contributed by atoms with E-state index in [1.54, 1.807) is 0 Å². The Kier molecular flexibility index (Phi) is 4.08. The molecule has 5 nitrogen and oxygen atoms in total. The molecule has 1 amide bonds. The van der Waals surface area contributed by atoms with E-state index in [-0.39, 0.29) is 11.9 Å². The van der Waals surface area contributed by atoms with Crippen molar-refractivity contribution >= 4 is 11.9 Å². The lowest BCUT2D eigenvalue weighted by Crippen LogP contribution is -2.56. The number of anilines is 1. The number of rotatable bonds is 3. The van der Waals surface area contributed by atoms with Gasteiger partial charge in [0, 0.05) is 37.4 Å². The number of likely N-dealkylation sites (N-methyl/N-ethyl adjacent to an activating group) is 1. The predicted molar refractivity (Wildman–Crippen MR) is 82.3 cm³/mol. The maximum absolute atomic E-state index is 12.3. The van der Waals surface area contributed by atoms with Gasteiger partial charge in [-0.25, -0.2) is 9.97 Å². The molecular weight excluding hydrogens is 264 g/mol. The van der Waals surface area contributed by atoms with Crippen LogP contribution in [-0.4, -0.2) is 46.5 Å². The number of carbonyl (C=O) groups is 1. The molecule has 3 rings (SSSR count). The second-order valence-electron chi connectivity index (χ2n) is 6.05. The molecule has 0 bridgehead atoms. The number of amides is 1. The highest BCUT2D eigenvalue weighted by atomic mass is 16.2. The Labute approximate surface area is 126 Å². The normalized spacial score (nSPS) is 23.9. The van der Waals surface area contributed by atoms with Crippen molar-refractivity contribution in [3.05, 3.63) is 18.0 Å². The first kappa shape index (κ1) is 14.3. The Balaban J connectivity index is 1.80. The maximum Gasteiger partial charge on any atom is 0.245 e. The summed E-state index contributed by atoms with van der Waals surface area (Å²) in [7, 11) is 0. The van der Waals surface area contributed by atoms with E-state index < -0.39 is 0 Å². The van der Waals surface area contributed by atoms with Gasteiger partial charge in [-0.1, -0.05) is 12.8 Å². The summed E-state index contributed by atoms with van der Waals surface area (Å²) in [6.45, 7) is 6.33. The van der Waals surface area contributed by atoms with Gasteiger partial charge in [0.1, 0.15) is 6.04 Å². The summed E-state index contributed by atoms with van der Waals surface area (Å²) < 4.78 is 0. The highest BCUT2D eigenvalue weighted by Crippen LogP contribution is 2.33. The average molecular weight is 288 g/mol. The van der Waals surface area contributed by atoms with Crippen molar-refractivity contribution in [2.45, 2.75) is 51.5 Å². The number of piperazine rings is 1. The van der Waals surface area contributed by atoms with E-state index >= 15 is 0 Å². The summed E-state index contributed by atoms with van der Waals surface area (Å²) in [6, 6.07) is 1.87. The minimum absolute atomic E-state index is 0.169. The van der Waals surface area contributed by atoms with Crippen LogP contribution in [0.15, 0.2) is 12.3 Å². The quantitative estimate of drug-likeness (QED) is 0.855. The predicted octanol–water partition coefficient (Wildman–Crippen LogP) is 2.19. The summed E-state index contributed by atoms with van der Waals surface area (Å²) in [5.41, 5.74) is 1.15. The first-order valence-corrected chi connectivity index (χ1v) is 8.09. The fraction of sp³-hybridized carbons (Fsp3) is 0.688. The minimum Gasteiger partial charge on any atom is -0.339 e. The molecule has 2 fully saturated rings. The molecule has 0 unspecified atom stereocenters. The third-order valence-corrected chi connectivity index (χ3v) is 4.82. The van der Waals surface area contributed by atoms with E-state index in [0.717, 1.165) is 31.3 Å². The van der Waals surface area contributed by atoms with Crippen molar-refractivity contribution < 1.29 is 4.79 Å². The van der Waals surface area contributed by atoms with Gasteiger partial charge in [-0.3, -0.25) is 4.79 Å². The molecule has 0 radical (unpaired) electrons. The van der Waals surface area contributed by atoms with Crippen LogP contribution in [0.2, 0.25) is 0 Å². The molecule has 2 aliphatic rings. The maximum atomic E-state index is 12.3. The zero-order valence-electron chi connectivity index (χ0n) is 13.0. The van der Waals surface area contributed by atoms with E-state index in [0.29, 0.717) is 5.92 Å². The Morgan fingerprint density at radius 3 is 2.76 bits per heavy atom. The highest BCUT2D eigenvalue weighted by molar-refractivity contribution is 5.85. The van der Waals surface area contributed by atoms with Gasteiger partial charge in [-0.15, -0.1) is 0 Å². The summed E-state index contributed by atoms with van der Waals surface area (Å²) in [4.78, 5) is 25.4. The van der Waals surface area contributed by atoms with Crippen molar-refractivity contribution in [2.75, 3.05) is 24.5 Å². The summed E-state index contributed by atoms with van der Waals surface area (Å²) in [5, 5.41) is 0. The Morgan fingerprint density at radius 1 is 1.29 bits per heavy atom. The van der Waals surface area contributed by atoms with Crippen molar-refractivity contribution in [3.8, 4) is 0 Å². The second-order valence-corrected chi connectivity index (χ2v) is 6.05. The third kappa shape index (κ3) is 2.74. The molecule has 0 aromatic carbocycles. The van der Waals surface area contributed by atoms with Crippen LogP contribution in [0.4, 0.5) is 5.95 Å². The third-order valence-electron chi connectivity index (χ3n) is 4.82. The van der Waals surface area contributed by atoms with E-state index in [4.69, 9.17) is 4.98 Å². The number of aromatic nitrogens is 2. The summed E-state index contributed by atoms with van der Waals surface area (Å²) >= 11 is 0. The van der Waals surface area contributed by atoms with E-state index in [1.165, 1.54) is 25.7 Å². The Morgan fingerprint density at radius 2 is 2.05 bits per heavy atom. The van der Waals surface area contributed by atoms with Crippen LogP contribution in [0.5, 0.6) is 0 Å². The van der Waals surface area contributed by atoms with Gasteiger partial charge in [0.25, 0.3) is 0 Å². The molecular formula is C16H24N4O. The number of nitrogens with zero attached hydrogens (tertiary/aromatic N) is 4. The molecule has 1 aromatic heterocycles. The summed E-state index contributed by atoms with van der Waals surface area (Å²) in [5.74, 6) is 1.48. The molecule has 1 aliphatic carbocycles. The van der Waals surface area contributed by atoms with Crippen LogP contribution >= 0.6 is 0 Å². The zero-order chi connectivity index (χ0) is 14.8. The van der Waals surface area contributed by atoms with Crippen molar-refractivity contribution in [2.24, 2.45) is 0 Å². The molecule has 114 valence electrons. The number of hydrogen-bond donors (Lipinski definition) is 0. The number of carbonyl (C=O) groups excluding carboxylic acids is 1. The van der Waals surface area contributed by atoms with Crippen LogP contribution in [0.3, 0.4) is 0 Å².